The molecule has 1 heterocycles. The fraction of sp³-hybridized carbons (Fsp3) is 0.286. The first kappa shape index (κ1) is 10.9. The number of halogens is 2. The Kier molecular flexibility index (Phi) is 3.37. The van der Waals surface area contributed by atoms with Crippen molar-refractivity contribution < 1.29 is 23.6 Å². The van der Waals surface area contributed by atoms with Gasteiger partial charge in [0.25, 0.3) is 0 Å². The zero-order valence-electron chi connectivity index (χ0n) is 7.32. The van der Waals surface area contributed by atoms with Crippen LogP contribution in [0.2, 0.25) is 0 Å². The van der Waals surface area contributed by atoms with Gasteiger partial charge in [-0.3, -0.25) is 0 Å². The Morgan fingerprint density at radius 1 is 1.50 bits per heavy atom. The maximum atomic E-state index is 11.8. The number of aryl methyl sites for hydroxylation is 1. The summed E-state index contributed by atoms with van der Waals surface area (Å²) in [5.41, 5.74) is 0.581. The molecule has 0 radical (unpaired) electrons. The Morgan fingerprint density at radius 2 is 2.14 bits per heavy atom. The van der Waals surface area contributed by atoms with Crippen molar-refractivity contribution in [2.45, 2.75) is 13.5 Å². The number of rotatable bonds is 3. The molecule has 0 aliphatic rings. The zero-order chi connectivity index (χ0) is 10.7. The van der Waals surface area contributed by atoms with Crippen LogP contribution in [0.25, 0.3) is 0 Å². The highest BCUT2D eigenvalue weighted by atomic mass is 19.3. The minimum absolute atomic E-state index is 0.0932. The van der Waals surface area contributed by atoms with E-state index in [0.29, 0.717) is 5.56 Å². The predicted molar refractivity (Wildman–Crippen MR) is 45.4 cm³/mol. The molecule has 0 aromatic carbocycles. The monoisotopic (exact) mass is 203 g/mol. The topological polar surface area (TPSA) is 62.6 Å². The van der Waals surface area contributed by atoms with Crippen molar-refractivity contribution in [3.8, 4) is 5.88 Å². The van der Waals surface area contributed by atoms with Gasteiger partial charge in [-0.05, 0) is 17.9 Å². The Bertz CT molecular complexity index is 322. The van der Waals surface area contributed by atoms with Crippen molar-refractivity contribution in [3.63, 3.8) is 0 Å². The first-order chi connectivity index (χ1) is 6.50. The highest BCUT2D eigenvalue weighted by molar-refractivity contribution is 6.59. The first-order valence-corrected chi connectivity index (χ1v) is 3.78. The van der Waals surface area contributed by atoms with E-state index in [4.69, 9.17) is 10.0 Å². The summed E-state index contributed by atoms with van der Waals surface area (Å²) in [6.45, 7) is -1.40. The van der Waals surface area contributed by atoms with Crippen LogP contribution >= 0.6 is 0 Å². The van der Waals surface area contributed by atoms with Gasteiger partial charge in [-0.25, -0.2) is 4.98 Å². The molecule has 76 valence electrons. The third-order valence-corrected chi connectivity index (χ3v) is 1.61. The lowest BCUT2D eigenvalue weighted by molar-refractivity contribution is -0.0528. The lowest BCUT2D eigenvalue weighted by atomic mass is 9.78. The summed E-state index contributed by atoms with van der Waals surface area (Å²) >= 11 is 0. The van der Waals surface area contributed by atoms with E-state index in [9.17, 15) is 8.78 Å². The molecule has 0 aliphatic carbocycles. The van der Waals surface area contributed by atoms with Gasteiger partial charge in [0.2, 0.25) is 5.88 Å². The minimum Gasteiger partial charge on any atom is -0.423 e. The van der Waals surface area contributed by atoms with E-state index in [-0.39, 0.29) is 11.3 Å². The van der Waals surface area contributed by atoms with Gasteiger partial charge >= 0.3 is 13.7 Å². The molecule has 0 amide bonds. The zero-order valence-corrected chi connectivity index (χ0v) is 7.32. The third kappa shape index (κ3) is 2.64. The molecule has 1 aromatic heterocycles. The average Bonchev–Trinajstić information content (AvgIpc) is 2.07. The van der Waals surface area contributed by atoms with Crippen LogP contribution in [-0.4, -0.2) is 28.8 Å². The van der Waals surface area contributed by atoms with Gasteiger partial charge in [0.05, 0.1) is 0 Å². The van der Waals surface area contributed by atoms with Crippen LogP contribution in [-0.2, 0) is 0 Å². The quantitative estimate of drug-likeness (QED) is 0.660. The number of aromatic nitrogens is 1. The fourth-order valence-corrected chi connectivity index (χ4v) is 0.953. The van der Waals surface area contributed by atoms with Crippen molar-refractivity contribution in [2.24, 2.45) is 0 Å². The summed E-state index contributed by atoms with van der Waals surface area (Å²) in [5, 5.41) is 17.7. The first-order valence-electron chi connectivity index (χ1n) is 3.78. The van der Waals surface area contributed by atoms with E-state index in [1.807, 2.05) is 0 Å². The predicted octanol–water partition coefficient (Wildman–Crippen LogP) is -0.329. The normalized spacial score (nSPS) is 10.4. The second-order valence-electron chi connectivity index (χ2n) is 2.63. The van der Waals surface area contributed by atoms with Crippen molar-refractivity contribution >= 4 is 12.6 Å². The maximum Gasteiger partial charge on any atom is 0.488 e. The van der Waals surface area contributed by atoms with Crippen LogP contribution in [0.4, 0.5) is 8.78 Å². The lowest BCUT2D eigenvalue weighted by Gasteiger charge is -2.07. The van der Waals surface area contributed by atoms with E-state index >= 15 is 0 Å². The number of alkyl halides is 2. The number of hydrogen-bond donors (Lipinski definition) is 2. The molecule has 14 heavy (non-hydrogen) atoms. The van der Waals surface area contributed by atoms with Crippen LogP contribution in [0.1, 0.15) is 5.56 Å². The molecule has 0 bridgehead atoms. The molecule has 0 aliphatic heterocycles. The van der Waals surface area contributed by atoms with Gasteiger partial charge < -0.3 is 14.8 Å². The van der Waals surface area contributed by atoms with Gasteiger partial charge in [-0.15, -0.1) is 0 Å². The Morgan fingerprint density at radius 3 is 2.64 bits per heavy atom. The number of pyridine rings is 1. The van der Waals surface area contributed by atoms with Crippen LogP contribution in [0.5, 0.6) is 5.88 Å². The standard InChI is InChI=1S/C7H8BF2NO3/c1-4-3-11-6(14-7(9)10)2-5(4)8(12)13/h2-3,7,12-13H,1H3. The van der Waals surface area contributed by atoms with Gasteiger partial charge in [0.1, 0.15) is 0 Å². The second-order valence-corrected chi connectivity index (χ2v) is 2.63. The van der Waals surface area contributed by atoms with E-state index in [0.717, 1.165) is 6.07 Å². The van der Waals surface area contributed by atoms with Crippen LogP contribution < -0.4 is 10.2 Å². The summed E-state index contributed by atoms with van der Waals surface area (Å²) < 4.78 is 27.5. The van der Waals surface area contributed by atoms with Crippen LogP contribution in [0.3, 0.4) is 0 Å². The Hall–Kier alpha value is -1.21. The third-order valence-electron chi connectivity index (χ3n) is 1.61. The lowest BCUT2D eigenvalue weighted by Crippen LogP contribution is -2.32. The summed E-state index contributed by atoms with van der Waals surface area (Å²) in [6.07, 6.45) is 1.23. The van der Waals surface area contributed by atoms with E-state index < -0.39 is 13.7 Å². The molecule has 0 saturated carbocycles. The molecule has 4 nitrogen and oxygen atoms in total. The molecule has 0 spiro atoms. The van der Waals surface area contributed by atoms with Crippen molar-refractivity contribution in [1.29, 1.82) is 0 Å². The second kappa shape index (κ2) is 4.34. The molecule has 0 atom stereocenters. The van der Waals surface area contributed by atoms with E-state index in [1.165, 1.54) is 6.20 Å². The Balaban J connectivity index is 2.94. The number of ether oxygens (including phenoxy) is 1. The van der Waals surface area contributed by atoms with Crippen molar-refractivity contribution in [1.82, 2.24) is 4.98 Å². The molecule has 0 fully saturated rings. The van der Waals surface area contributed by atoms with Crippen LogP contribution in [0, 0.1) is 6.92 Å². The Labute approximate surface area is 79.3 Å². The highest BCUT2D eigenvalue weighted by Gasteiger charge is 2.16. The van der Waals surface area contributed by atoms with Gasteiger partial charge in [-0.1, -0.05) is 0 Å². The molecule has 0 unspecified atom stereocenters. The SMILES string of the molecule is Cc1cnc(OC(F)F)cc1B(O)O. The van der Waals surface area contributed by atoms with Gasteiger partial charge in [-0.2, -0.15) is 8.78 Å². The molecular weight excluding hydrogens is 195 g/mol. The number of nitrogens with zero attached hydrogens (tertiary/aromatic N) is 1. The molecule has 7 heteroatoms. The molecule has 1 rings (SSSR count). The van der Waals surface area contributed by atoms with E-state index in [2.05, 4.69) is 9.72 Å². The molecular formula is C7H8BF2NO3. The molecule has 1 aromatic rings. The largest absolute Gasteiger partial charge is 0.488 e. The van der Waals surface area contributed by atoms with Crippen LogP contribution in [0.15, 0.2) is 12.3 Å². The van der Waals surface area contributed by atoms with Gasteiger partial charge in [0.15, 0.2) is 0 Å². The average molecular weight is 203 g/mol. The van der Waals surface area contributed by atoms with Crippen molar-refractivity contribution in [3.05, 3.63) is 17.8 Å². The summed E-state index contributed by atoms with van der Waals surface area (Å²) in [7, 11) is -1.72. The fourth-order valence-electron chi connectivity index (χ4n) is 0.953. The molecule has 2 N–H and O–H groups in total. The van der Waals surface area contributed by atoms with Crippen molar-refractivity contribution in [2.75, 3.05) is 0 Å². The van der Waals surface area contributed by atoms with Gasteiger partial charge in [0, 0.05) is 12.3 Å². The minimum atomic E-state index is -2.98. The molecule has 0 saturated heterocycles. The summed E-state index contributed by atoms with van der Waals surface area (Å²) in [4.78, 5) is 3.54. The highest BCUT2D eigenvalue weighted by Crippen LogP contribution is 2.09. The maximum absolute atomic E-state index is 11.8. The smallest absolute Gasteiger partial charge is 0.423 e. The summed E-state index contributed by atoms with van der Waals surface area (Å²) in [6, 6.07) is 1.06. The van der Waals surface area contributed by atoms with E-state index in [1.54, 1.807) is 6.92 Å². The summed E-state index contributed by atoms with van der Waals surface area (Å²) in [5.74, 6) is -0.339. The number of hydrogen-bond acceptors (Lipinski definition) is 4.